The number of carbonyl (C=O) groups excluding carboxylic acids is 3. The smallest absolute Gasteiger partial charge is 0.244 e. The normalized spacial score (nSPS) is 15.0. The van der Waals surface area contributed by atoms with Crippen LogP contribution in [0.1, 0.15) is 67.4 Å². The third-order valence-corrected chi connectivity index (χ3v) is 7.91. The van der Waals surface area contributed by atoms with Crippen molar-refractivity contribution in [2.45, 2.75) is 71.5 Å². The van der Waals surface area contributed by atoms with E-state index in [2.05, 4.69) is 5.32 Å². The molecule has 1 aliphatic rings. The van der Waals surface area contributed by atoms with Crippen molar-refractivity contribution in [2.75, 3.05) is 17.1 Å². The first-order chi connectivity index (χ1) is 17.5. The van der Waals surface area contributed by atoms with E-state index in [-0.39, 0.29) is 30.0 Å². The van der Waals surface area contributed by atoms with Crippen LogP contribution in [0.4, 0.5) is 5.69 Å². The number of nitrogens with one attached hydrogen (secondary N) is 1. The van der Waals surface area contributed by atoms with Crippen LogP contribution in [0.2, 0.25) is 0 Å². The van der Waals surface area contributed by atoms with E-state index in [1.807, 2.05) is 31.2 Å². The molecule has 2 aromatic carbocycles. The summed E-state index contributed by atoms with van der Waals surface area (Å²) in [5.74, 6) is -0.973. The fraction of sp³-hybridized carbons (Fsp3) is 0.464. The van der Waals surface area contributed by atoms with Gasteiger partial charge >= 0.3 is 0 Å². The summed E-state index contributed by atoms with van der Waals surface area (Å²) in [5, 5.41) is 3.08. The van der Waals surface area contributed by atoms with E-state index in [0.29, 0.717) is 5.56 Å². The van der Waals surface area contributed by atoms with Crippen molar-refractivity contribution in [3.8, 4) is 0 Å². The zero-order valence-electron chi connectivity index (χ0n) is 22.1. The lowest BCUT2D eigenvalue weighted by Gasteiger charge is -2.33. The standard InChI is InChI=1S/C28H37N3O5S/c1-20-10-8-11-23(16-20)18-30(21(2)28(34)29-25-13-6-5-7-14-25)27(33)19-31(37(4,35)36)26-15-9-12-24(17-26)22(3)32/h8-12,15-17,21,25H,5-7,13-14,18-19H2,1-4H3,(H,29,34)/t21-/m0/s1. The predicted molar refractivity (Wildman–Crippen MR) is 145 cm³/mol. The monoisotopic (exact) mass is 527 g/mol. The van der Waals surface area contributed by atoms with Gasteiger partial charge in [-0.05, 0) is 51.3 Å². The van der Waals surface area contributed by atoms with E-state index < -0.39 is 28.5 Å². The van der Waals surface area contributed by atoms with Gasteiger partial charge in [-0.25, -0.2) is 8.42 Å². The molecule has 1 fully saturated rings. The van der Waals surface area contributed by atoms with E-state index in [1.54, 1.807) is 25.1 Å². The zero-order chi connectivity index (χ0) is 27.2. The largest absolute Gasteiger partial charge is 0.352 e. The number of carbonyl (C=O) groups is 3. The quantitative estimate of drug-likeness (QED) is 0.473. The SMILES string of the molecule is CC(=O)c1cccc(N(CC(=O)N(Cc2cccc(C)c2)[C@@H](C)C(=O)NC2CCCCC2)S(C)(=O)=O)c1. The summed E-state index contributed by atoms with van der Waals surface area (Å²) in [6.45, 7) is 4.68. The van der Waals surface area contributed by atoms with Crippen LogP contribution in [0, 0.1) is 6.92 Å². The third kappa shape index (κ3) is 7.89. The van der Waals surface area contributed by atoms with E-state index in [1.165, 1.54) is 17.9 Å². The molecule has 1 aliphatic carbocycles. The van der Waals surface area contributed by atoms with Crippen LogP contribution in [0.5, 0.6) is 0 Å². The fourth-order valence-corrected chi connectivity index (χ4v) is 5.49. The molecule has 2 amide bonds. The summed E-state index contributed by atoms with van der Waals surface area (Å²) in [4.78, 5) is 40.2. The van der Waals surface area contributed by atoms with Gasteiger partial charge in [0.1, 0.15) is 12.6 Å². The number of aryl methyl sites for hydroxylation is 1. The molecule has 2 aromatic rings. The molecule has 0 radical (unpaired) electrons. The molecule has 3 rings (SSSR count). The van der Waals surface area contributed by atoms with Gasteiger partial charge in [-0.3, -0.25) is 18.7 Å². The highest BCUT2D eigenvalue weighted by Gasteiger charge is 2.31. The van der Waals surface area contributed by atoms with Gasteiger partial charge in [0, 0.05) is 18.2 Å². The van der Waals surface area contributed by atoms with Crippen LogP contribution in [0.25, 0.3) is 0 Å². The number of rotatable bonds is 10. The zero-order valence-corrected chi connectivity index (χ0v) is 22.9. The van der Waals surface area contributed by atoms with Crippen LogP contribution in [0.15, 0.2) is 48.5 Å². The maximum Gasteiger partial charge on any atom is 0.244 e. The molecule has 0 bridgehead atoms. The highest BCUT2D eigenvalue weighted by Crippen LogP contribution is 2.22. The molecule has 1 atom stereocenters. The van der Waals surface area contributed by atoms with Gasteiger partial charge < -0.3 is 10.2 Å². The van der Waals surface area contributed by atoms with E-state index >= 15 is 0 Å². The summed E-state index contributed by atoms with van der Waals surface area (Å²) in [6, 6.07) is 13.1. The van der Waals surface area contributed by atoms with Crippen molar-refractivity contribution < 1.29 is 22.8 Å². The molecular weight excluding hydrogens is 490 g/mol. The fourth-order valence-electron chi connectivity index (χ4n) is 4.65. The Hall–Kier alpha value is -3.20. The lowest BCUT2D eigenvalue weighted by atomic mass is 9.95. The van der Waals surface area contributed by atoms with Gasteiger partial charge in [0.25, 0.3) is 0 Å². The number of anilines is 1. The minimum Gasteiger partial charge on any atom is -0.352 e. The average Bonchev–Trinajstić information content (AvgIpc) is 2.85. The van der Waals surface area contributed by atoms with Crippen molar-refractivity contribution in [1.29, 1.82) is 0 Å². The second kappa shape index (κ2) is 12.4. The first kappa shape index (κ1) is 28.4. The Balaban J connectivity index is 1.90. The summed E-state index contributed by atoms with van der Waals surface area (Å²) >= 11 is 0. The summed E-state index contributed by atoms with van der Waals surface area (Å²) in [5.41, 5.74) is 2.42. The first-order valence-corrected chi connectivity index (χ1v) is 14.5. The predicted octanol–water partition coefficient (Wildman–Crippen LogP) is 3.83. The van der Waals surface area contributed by atoms with Crippen molar-refractivity contribution in [2.24, 2.45) is 0 Å². The molecule has 0 spiro atoms. The van der Waals surface area contributed by atoms with Crippen molar-refractivity contribution >= 4 is 33.3 Å². The topological polar surface area (TPSA) is 104 Å². The van der Waals surface area contributed by atoms with Crippen LogP contribution in [-0.4, -0.2) is 55.8 Å². The third-order valence-electron chi connectivity index (χ3n) is 6.77. The minimum atomic E-state index is -3.86. The summed E-state index contributed by atoms with van der Waals surface area (Å²) in [6.07, 6.45) is 6.13. The van der Waals surface area contributed by atoms with Crippen LogP contribution in [0.3, 0.4) is 0 Å². The molecule has 0 aromatic heterocycles. The van der Waals surface area contributed by atoms with Gasteiger partial charge in [-0.15, -0.1) is 0 Å². The van der Waals surface area contributed by atoms with Gasteiger partial charge in [0.2, 0.25) is 21.8 Å². The Morgan fingerprint density at radius 2 is 1.70 bits per heavy atom. The molecule has 0 heterocycles. The Labute approximate surface area is 220 Å². The Bertz CT molecular complexity index is 1240. The highest BCUT2D eigenvalue weighted by molar-refractivity contribution is 7.92. The Kier molecular flexibility index (Phi) is 9.48. The number of nitrogens with zero attached hydrogens (tertiary/aromatic N) is 2. The van der Waals surface area contributed by atoms with Gasteiger partial charge in [-0.1, -0.05) is 61.2 Å². The van der Waals surface area contributed by atoms with Gasteiger partial charge in [0.15, 0.2) is 5.78 Å². The Morgan fingerprint density at radius 3 is 2.32 bits per heavy atom. The lowest BCUT2D eigenvalue weighted by Crippen LogP contribution is -2.53. The molecule has 1 N–H and O–H groups in total. The number of ketones is 1. The van der Waals surface area contributed by atoms with E-state index in [0.717, 1.165) is 53.8 Å². The van der Waals surface area contributed by atoms with Crippen molar-refractivity contribution in [3.63, 3.8) is 0 Å². The minimum absolute atomic E-state index is 0.0847. The van der Waals surface area contributed by atoms with Crippen LogP contribution < -0.4 is 9.62 Å². The first-order valence-electron chi connectivity index (χ1n) is 12.7. The van der Waals surface area contributed by atoms with Crippen LogP contribution in [-0.2, 0) is 26.2 Å². The van der Waals surface area contributed by atoms with E-state index in [4.69, 9.17) is 0 Å². The van der Waals surface area contributed by atoms with Crippen LogP contribution >= 0.6 is 0 Å². The Morgan fingerprint density at radius 1 is 1.03 bits per heavy atom. The van der Waals surface area contributed by atoms with E-state index in [9.17, 15) is 22.8 Å². The summed E-state index contributed by atoms with van der Waals surface area (Å²) in [7, 11) is -3.86. The lowest BCUT2D eigenvalue weighted by molar-refractivity contribution is -0.139. The molecule has 0 unspecified atom stereocenters. The van der Waals surface area contributed by atoms with Gasteiger partial charge in [-0.2, -0.15) is 0 Å². The number of hydrogen-bond donors (Lipinski definition) is 1. The number of benzene rings is 2. The van der Waals surface area contributed by atoms with Crippen molar-refractivity contribution in [1.82, 2.24) is 10.2 Å². The number of sulfonamides is 1. The second-order valence-corrected chi connectivity index (χ2v) is 11.8. The molecule has 0 saturated heterocycles. The maximum absolute atomic E-state index is 13.7. The molecular formula is C28H37N3O5S. The van der Waals surface area contributed by atoms with Gasteiger partial charge in [0.05, 0.1) is 11.9 Å². The number of Topliss-reactive ketones (excluding diaryl/α,β-unsaturated/α-hetero) is 1. The molecule has 9 heteroatoms. The number of hydrogen-bond acceptors (Lipinski definition) is 5. The molecule has 0 aliphatic heterocycles. The summed E-state index contributed by atoms with van der Waals surface area (Å²) < 4.78 is 26.4. The maximum atomic E-state index is 13.7. The number of amides is 2. The molecule has 8 nitrogen and oxygen atoms in total. The molecule has 37 heavy (non-hydrogen) atoms. The second-order valence-electron chi connectivity index (χ2n) is 9.91. The highest BCUT2D eigenvalue weighted by atomic mass is 32.2. The average molecular weight is 528 g/mol. The van der Waals surface area contributed by atoms with Crippen molar-refractivity contribution in [3.05, 3.63) is 65.2 Å². The molecule has 1 saturated carbocycles. The molecule has 200 valence electrons.